The van der Waals surface area contributed by atoms with E-state index in [9.17, 15) is 5.11 Å². The Bertz CT molecular complexity index is 189. The van der Waals surface area contributed by atoms with Crippen molar-refractivity contribution in [3.8, 4) is 0 Å². The van der Waals surface area contributed by atoms with Crippen molar-refractivity contribution >= 4 is 0 Å². The molecule has 2 N–H and O–H groups in total. The number of aliphatic hydroxyl groups is 2. The molecule has 1 heterocycles. The molecule has 0 saturated carbocycles. The van der Waals surface area contributed by atoms with Gasteiger partial charge in [-0.15, -0.1) is 0 Å². The lowest BCUT2D eigenvalue weighted by Gasteiger charge is -2.44. The van der Waals surface area contributed by atoms with Crippen molar-refractivity contribution < 1.29 is 10.2 Å². The zero-order chi connectivity index (χ0) is 11.5. The minimum atomic E-state index is 0.203. The first-order valence-electron chi connectivity index (χ1n) is 5.95. The molecule has 0 aromatic heterocycles. The fourth-order valence-corrected chi connectivity index (χ4v) is 2.42. The van der Waals surface area contributed by atoms with Crippen LogP contribution in [0, 0.1) is 11.8 Å². The maximum absolute atomic E-state index is 9.28. The number of hydrogen-bond donors (Lipinski definition) is 2. The number of likely N-dealkylation sites (tertiary alicyclic amines) is 1. The van der Waals surface area contributed by atoms with Crippen LogP contribution in [0.25, 0.3) is 0 Å². The highest BCUT2D eigenvalue weighted by molar-refractivity contribution is 4.86. The van der Waals surface area contributed by atoms with Crippen LogP contribution in [0.3, 0.4) is 0 Å². The van der Waals surface area contributed by atoms with Crippen LogP contribution < -0.4 is 0 Å². The van der Waals surface area contributed by atoms with E-state index in [0.717, 1.165) is 25.9 Å². The molecule has 0 amide bonds. The molecule has 0 radical (unpaired) electrons. The standard InChI is InChI=1S/C12H25NO2/c1-12(2,3)13-6-4-11(9-15)10(8-13)5-7-14/h10-11,14-15H,4-9H2,1-3H3/t10-,11-/m1/s1. The molecule has 1 rings (SSSR count). The van der Waals surface area contributed by atoms with E-state index in [4.69, 9.17) is 5.11 Å². The maximum atomic E-state index is 9.28. The van der Waals surface area contributed by atoms with Crippen LogP contribution in [0.2, 0.25) is 0 Å². The Morgan fingerprint density at radius 2 is 1.87 bits per heavy atom. The number of hydrogen-bond acceptors (Lipinski definition) is 3. The predicted octanol–water partition coefficient (Wildman–Crippen LogP) is 1.10. The van der Waals surface area contributed by atoms with Gasteiger partial charge in [-0.1, -0.05) is 0 Å². The SMILES string of the molecule is CC(C)(C)N1CC[C@H](CO)[C@H](CCO)C1. The molecule has 0 spiro atoms. The molecule has 90 valence electrons. The van der Waals surface area contributed by atoms with Gasteiger partial charge in [-0.05, 0) is 52.0 Å². The molecule has 0 bridgehead atoms. The highest BCUT2D eigenvalue weighted by atomic mass is 16.3. The molecule has 0 aromatic rings. The van der Waals surface area contributed by atoms with E-state index in [1.165, 1.54) is 0 Å². The summed E-state index contributed by atoms with van der Waals surface area (Å²) in [5.74, 6) is 0.837. The van der Waals surface area contributed by atoms with Crippen molar-refractivity contribution in [1.82, 2.24) is 4.90 Å². The quantitative estimate of drug-likeness (QED) is 0.741. The zero-order valence-corrected chi connectivity index (χ0v) is 10.2. The van der Waals surface area contributed by atoms with Crippen molar-refractivity contribution in [1.29, 1.82) is 0 Å². The number of aliphatic hydroxyl groups excluding tert-OH is 2. The number of piperidine rings is 1. The third-order valence-corrected chi connectivity index (χ3v) is 3.57. The molecule has 1 aliphatic heterocycles. The Morgan fingerprint density at radius 1 is 1.20 bits per heavy atom. The number of nitrogens with zero attached hydrogens (tertiary/aromatic N) is 1. The zero-order valence-electron chi connectivity index (χ0n) is 10.2. The smallest absolute Gasteiger partial charge is 0.0462 e. The lowest BCUT2D eigenvalue weighted by molar-refractivity contribution is 0.0163. The van der Waals surface area contributed by atoms with E-state index in [1.807, 2.05) is 0 Å². The van der Waals surface area contributed by atoms with Crippen molar-refractivity contribution in [2.45, 2.75) is 39.2 Å². The molecule has 3 nitrogen and oxygen atoms in total. The molecule has 1 saturated heterocycles. The van der Waals surface area contributed by atoms with E-state index < -0.39 is 0 Å². The van der Waals surface area contributed by atoms with Crippen LogP contribution in [0.5, 0.6) is 0 Å². The van der Waals surface area contributed by atoms with Gasteiger partial charge in [0.2, 0.25) is 0 Å². The molecular weight excluding hydrogens is 190 g/mol. The fourth-order valence-electron chi connectivity index (χ4n) is 2.42. The summed E-state index contributed by atoms with van der Waals surface area (Å²) in [6.45, 7) is 9.25. The summed E-state index contributed by atoms with van der Waals surface area (Å²) in [4.78, 5) is 2.46. The summed E-state index contributed by atoms with van der Waals surface area (Å²) in [6, 6.07) is 0. The summed E-state index contributed by atoms with van der Waals surface area (Å²) in [5.41, 5.74) is 0.203. The van der Waals surface area contributed by atoms with Crippen LogP contribution in [0.1, 0.15) is 33.6 Å². The minimum absolute atomic E-state index is 0.203. The number of rotatable bonds is 3. The van der Waals surface area contributed by atoms with Gasteiger partial charge in [0, 0.05) is 25.3 Å². The molecule has 2 atom stereocenters. The van der Waals surface area contributed by atoms with Gasteiger partial charge in [0.25, 0.3) is 0 Å². The molecule has 0 unspecified atom stereocenters. The largest absolute Gasteiger partial charge is 0.396 e. The third-order valence-electron chi connectivity index (χ3n) is 3.57. The molecule has 3 heteroatoms. The summed E-state index contributed by atoms with van der Waals surface area (Å²) >= 11 is 0. The second-order valence-electron chi connectivity index (χ2n) is 5.62. The Morgan fingerprint density at radius 3 is 2.33 bits per heavy atom. The van der Waals surface area contributed by atoms with Crippen molar-refractivity contribution in [2.75, 3.05) is 26.3 Å². The average Bonchev–Trinajstić information content (AvgIpc) is 2.17. The van der Waals surface area contributed by atoms with Crippen LogP contribution >= 0.6 is 0 Å². The van der Waals surface area contributed by atoms with Gasteiger partial charge in [0.15, 0.2) is 0 Å². The van der Waals surface area contributed by atoms with Crippen molar-refractivity contribution in [2.24, 2.45) is 11.8 Å². The van der Waals surface area contributed by atoms with Gasteiger partial charge >= 0.3 is 0 Å². The topological polar surface area (TPSA) is 43.7 Å². The van der Waals surface area contributed by atoms with Gasteiger partial charge in [-0.3, -0.25) is 4.90 Å². The molecule has 15 heavy (non-hydrogen) atoms. The van der Waals surface area contributed by atoms with E-state index >= 15 is 0 Å². The summed E-state index contributed by atoms with van der Waals surface area (Å²) in [6.07, 6.45) is 1.87. The van der Waals surface area contributed by atoms with Crippen LogP contribution in [0.4, 0.5) is 0 Å². The minimum Gasteiger partial charge on any atom is -0.396 e. The Balaban J connectivity index is 2.57. The van der Waals surface area contributed by atoms with Crippen LogP contribution in [-0.2, 0) is 0 Å². The maximum Gasteiger partial charge on any atom is 0.0462 e. The highest BCUT2D eigenvalue weighted by Crippen LogP contribution is 2.29. The summed E-state index contributed by atoms with van der Waals surface area (Å²) in [5, 5.41) is 18.3. The first-order chi connectivity index (χ1) is 6.99. The summed E-state index contributed by atoms with van der Waals surface area (Å²) in [7, 11) is 0. The van der Waals surface area contributed by atoms with Crippen LogP contribution in [0.15, 0.2) is 0 Å². The average molecular weight is 215 g/mol. The van der Waals surface area contributed by atoms with Gasteiger partial charge in [-0.2, -0.15) is 0 Å². The molecule has 0 aliphatic carbocycles. The monoisotopic (exact) mass is 215 g/mol. The Kier molecular flexibility index (Phi) is 4.56. The molecule has 1 fully saturated rings. The van der Waals surface area contributed by atoms with Crippen LogP contribution in [-0.4, -0.2) is 47.0 Å². The van der Waals surface area contributed by atoms with Crippen molar-refractivity contribution in [3.63, 3.8) is 0 Å². The normalized spacial score (nSPS) is 29.4. The molecule has 1 aliphatic rings. The molecule has 0 aromatic carbocycles. The van der Waals surface area contributed by atoms with E-state index in [-0.39, 0.29) is 18.8 Å². The highest BCUT2D eigenvalue weighted by Gasteiger charge is 2.32. The fraction of sp³-hybridized carbons (Fsp3) is 1.00. The summed E-state index contributed by atoms with van der Waals surface area (Å²) < 4.78 is 0. The second-order valence-corrected chi connectivity index (χ2v) is 5.62. The Labute approximate surface area is 93.1 Å². The first-order valence-corrected chi connectivity index (χ1v) is 5.95. The van der Waals surface area contributed by atoms with Gasteiger partial charge < -0.3 is 10.2 Å². The Hall–Kier alpha value is -0.120. The lowest BCUT2D eigenvalue weighted by Crippen LogP contribution is -2.50. The van der Waals surface area contributed by atoms with E-state index in [1.54, 1.807) is 0 Å². The van der Waals surface area contributed by atoms with E-state index in [2.05, 4.69) is 25.7 Å². The third kappa shape index (κ3) is 3.44. The predicted molar refractivity (Wildman–Crippen MR) is 61.7 cm³/mol. The van der Waals surface area contributed by atoms with Gasteiger partial charge in [0.05, 0.1) is 0 Å². The second kappa shape index (κ2) is 5.28. The lowest BCUT2D eigenvalue weighted by atomic mass is 9.82. The van der Waals surface area contributed by atoms with Crippen molar-refractivity contribution in [3.05, 3.63) is 0 Å². The first kappa shape index (κ1) is 12.9. The van der Waals surface area contributed by atoms with Gasteiger partial charge in [-0.25, -0.2) is 0 Å². The van der Waals surface area contributed by atoms with E-state index in [0.29, 0.717) is 11.8 Å². The van der Waals surface area contributed by atoms with Gasteiger partial charge in [0.1, 0.15) is 0 Å². The molecular formula is C12H25NO2.